The lowest BCUT2D eigenvalue weighted by molar-refractivity contribution is -0.605. The number of carbonyl (C=O) groups excluding carboxylic acids is 4. The number of nitrogens with zero attached hydrogens (tertiary/aromatic N) is 3. The highest BCUT2D eigenvalue weighted by molar-refractivity contribution is 9.09. The van der Waals surface area contributed by atoms with Crippen LogP contribution in [0.1, 0.15) is 79.5 Å². The Kier molecular flexibility index (Phi) is 24.8. The average molecular weight is 1400 g/mol. The molecule has 0 spiro atoms. The smallest absolute Gasteiger partial charge is 0.387 e. The minimum absolute atomic E-state index is 0.0210. The molecule has 0 radical (unpaired) electrons. The Hall–Kier alpha value is -4.80. The number of ketones is 2. The molecule has 1 N–H and O–H groups in total. The first-order valence-electron chi connectivity index (χ1n) is 26.2. The van der Waals surface area contributed by atoms with Gasteiger partial charge in [-0.2, -0.15) is 27.0 Å². The van der Waals surface area contributed by atoms with Crippen LogP contribution in [0.5, 0.6) is 23.0 Å². The minimum Gasteiger partial charge on any atom is -0.619 e. The van der Waals surface area contributed by atoms with Crippen LogP contribution >= 0.6 is 109 Å². The van der Waals surface area contributed by atoms with Crippen molar-refractivity contribution in [3.05, 3.63) is 159 Å². The summed E-state index contributed by atoms with van der Waals surface area (Å²) in [5.41, 5.74) is 1.68. The van der Waals surface area contributed by atoms with Crippen molar-refractivity contribution in [2.75, 3.05) is 49.7 Å². The SMILES string of the molecule is O=C(CBr)c1cccs1.O=C(CN1CCSC1C(=O)O[C@@H](Cc1c(Cl)c[n+]([O-])cc1Cl)c1ccc(OC(F)F)c(OCC2CC2)c1)c1cccs1.O=C(O[C@@H](Cc1c(Cl)c[n+]([O-])cc1Cl)c1ccc(OC(F)F)c(OCC2CC2)c1)C1NCCS1. The van der Waals surface area contributed by atoms with Crippen LogP contribution in [0.4, 0.5) is 17.6 Å². The molecule has 2 aliphatic carbocycles. The third-order valence-electron chi connectivity index (χ3n) is 13.0. The summed E-state index contributed by atoms with van der Waals surface area (Å²) in [5, 5.41) is 29.7. The molecule has 10 rings (SSSR count). The van der Waals surface area contributed by atoms with Crippen LogP contribution in [0.3, 0.4) is 0 Å². The Morgan fingerprint density at radius 1 is 0.647 bits per heavy atom. The maximum absolute atomic E-state index is 13.6. The molecule has 6 heterocycles. The lowest BCUT2D eigenvalue weighted by Gasteiger charge is -2.25. The third kappa shape index (κ3) is 19.9. The van der Waals surface area contributed by atoms with Crippen LogP contribution < -0.4 is 33.7 Å². The first-order chi connectivity index (χ1) is 40.8. The lowest BCUT2D eigenvalue weighted by atomic mass is 10.0. The lowest BCUT2D eigenvalue weighted by Crippen LogP contribution is -2.39. The van der Waals surface area contributed by atoms with Crippen LogP contribution in [0.2, 0.25) is 20.1 Å². The van der Waals surface area contributed by atoms with E-state index in [0.717, 1.165) is 61.1 Å². The molecule has 6 aromatic rings. The summed E-state index contributed by atoms with van der Waals surface area (Å²) in [6.07, 6.45) is 6.74. The molecule has 456 valence electrons. The number of rotatable bonds is 25. The molecule has 0 amide bonds. The van der Waals surface area contributed by atoms with Gasteiger partial charge in [-0.15, -0.1) is 46.2 Å². The molecule has 4 fully saturated rings. The van der Waals surface area contributed by atoms with Crippen LogP contribution in [0, 0.1) is 22.3 Å². The maximum atomic E-state index is 13.6. The molecule has 0 bridgehead atoms. The summed E-state index contributed by atoms with van der Waals surface area (Å²) in [7, 11) is 0. The van der Waals surface area contributed by atoms with Crippen LogP contribution in [-0.2, 0) is 31.9 Å². The van der Waals surface area contributed by atoms with E-state index < -0.39 is 48.1 Å². The molecule has 85 heavy (non-hydrogen) atoms. The standard InChI is InChI=1S/C28H26Cl2F2N2O6S2.C22H22Cl2F2N2O5S.C6H5BrOS/c29-19-12-34(37)13-20(30)18(19)11-23(17-5-6-22(40-28(31)32)24(10-17)38-15-16-3-4-16)39-27(36)26-33(7-9-42-26)14-21(35)25-2-1-8-41-25;23-15-9-28(30)10-16(24)14(15)8-18(32-21(29)20-27-5-6-34-20)13-3-4-17(33-22(25)26)19(7-13)31-11-12-1-2-12;7-4-5(8)6-2-1-3-9-6/h1-2,5-6,8,10,12-13,16,23,26,28H,3-4,7,9,11,14-15H2;3-4,7,9-10,12,18,20,22,27H,1-2,5-6,8,11H2;1-3H,4H2/t23-,26?;18-,20?;/m00./s1. The van der Waals surface area contributed by atoms with Gasteiger partial charge in [0.1, 0.15) is 32.3 Å². The van der Waals surface area contributed by atoms with E-state index in [1.807, 2.05) is 22.9 Å². The second kappa shape index (κ2) is 31.9. The fourth-order valence-electron chi connectivity index (χ4n) is 8.39. The fraction of sp³-hybridized carbons (Fsp3) is 0.393. The first-order valence-corrected chi connectivity index (χ1v) is 32.7. The number of halogens is 9. The number of pyridine rings is 2. The molecule has 2 unspecified atom stereocenters. The topological polar surface area (TPSA) is 193 Å². The summed E-state index contributed by atoms with van der Waals surface area (Å²) in [5.74, 6) is 1.06. The van der Waals surface area contributed by atoms with Crippen molar-refractivity contribution < 1.29 is 74.6 Å². The molecule has 2 saturated heterocycles. The van der Waals surface area contributed by atoms with Gasteiger partial charge in [0.05, 0.1) is 34.8 Å². The van der Waals surface area contributed by atoms with Gasteiger partial charge in [-0.1, -0.05) is 86.6 Å². The fourth-order valence-corrected chi connectivity index (χ4v) is 13.4. The van der Waals surface area contributed by atoms with E-state index in [9.17, 15) is 47.2 Å². The molecule has 4 aliphatic rings. The summed E-state index contributed by atoms with van der Waals surface area (Å²) >= 11 is 33.9. The van der Waals surface area contributed by atoms with E-state index in [-0.39, 0.29) is 74.0 Å². The van der Waals surface area contributed by atoms with Crippen molar-refractivity contribution in [3.8, 4) is 23.0 Å². The van der Waals surface area contributed by atoms with Gasteiger partial charge in [-0.3, -0.25) is 19.8 Å². The monoisotopic (exact) mass is 1400 g/mol. The van der Waals surface area contributed by atoms with Gasteiger partial charge in [0.15, 0.2) is 70.1 Å². The second-order valence-corrected chi connectivity index (χ2v) is 25.8. The van der Waals surface area contributed by atoms with Crippen molar-refractivity contribution in [2.45, 2.75) is 74.7 Å². The number of benzene rings is 2. The Balaban J connectivity index is 0.000000196. The van der Waals surface area contributed by atoms with Crippen molar-refractivity contribution in [1.82, 2.24) is 10.2 Å². The highest BCUT2D eigenvalue weighted by atomic mass is 79.9. The van der Waals surface area contributed by atoms with E-state index in [1.54, 1.807) is 17.0 Å². The summed E-state index contributed by atoms with van der Waals surface area (Å²) in [4.78, 5) is 53.1. The van der Waals surface area contributed by atoms with Gasteiger partial charge in [0.25, 0.3) is 0 Å². The zero-order chi connectivity index (χ0) is 60.7. The number of hydrogen-bond donors (Lipinski definition) is 1. The predicted octanol–water partition coefficient (Wildman–Crippen LogP) is 13.0. The number of nitrogens with one attached hydrogen (secondary N) is 1. The molecule has 4 atom stereocenters. The van der Waals surface area contributed by atoms with Crippen LogP contribution in [-0.4, -0.2) is 102 Å². The van der Waals surface area contributed by atoms with Gasteiger partial charge < -0.3 is 38.8 Å². The van der Waals surface area contributed by atoms with Crippen molar-refractivity contribution in [1.29, 1.82) is 0 Å². The van der Waals surface area contributed by atoms with E-state index in [2.05, 4.69) is 30.7 Å². The number of carbonyl (C=O) groups is 4. The van der Waals surface area contributed by atoms with Crippen molar-refractivity contribution in [3.63, 3.8) is 0 Å². The Morgan fingerprint density at radius 2 is 1.12 bits per heavy atom. The van der Waals surface area contributed by atoms with Gasteiger partial charge in [-0.25, -0.2) is 9.59 Å². The Labute approximate surface area is 530 Å². The number of thiophene rings is 2. The summed E-state index contributed by atoms with van der Waals surface area (Å²) in [6.45, 7) is -4.13. The summed E-state index contributed by atoms with van der Waals surface area (Å²) in [6, 6.07) is 16.0. The molecule has 2 aliphatic heterocycles. The van der Waals surface area contributed by atoms with Gasteiger partial charge in [0, 0.05) is 48.6 Å². The number of hydrogen-bond acceptors (Lipinski definition) is 18. The minimum atomic E-state index is -3.06. The zero-order valence-electron chi connectivity index (χ0n) is 44.5. The Bertz CT molecular complexity index is 3200. The molecule has 16 nitrogen and oxygen atoms in total. The van der Waals surface area contributed by atoms with Crippen LogP contribution in [0.25, 0.3) is 0 Å². The number of Topliss-reactive ketones (excluding diaryl/α,β-unsaturated/α-hetero) is 2. The first kappa shape index (κ1) is 66.2. The number of ether oxygens (including phenoxy) is 6. The summed E-state index contributed by atoms with van der Waals surface area (Å²) < 4.78 is 85.7. The van der Waals surface area contributed by atoms with Crippen molar-refractivity contribution in [2.24, 2.45) is 11.8 Å². The second-order valence-electron chi connectivity index (χ2n) is 19.4. The highest BCUT2D eigenvalue weighted by Gasteiger charge is 2.37. The van der Waals surface area contributed by atoms with Crippen LogP contribution in [0.15, 0.2) is 96.2 Å². The van der Waals surface area contributed by atoms with E-state index in [4.69, 9.17) is 65.4 Å². The normalized spacial score (nSPS) is 17.3. The van der Waals surface area contributed by atoms with Gasteiger partial charge in [-0.05, 0) is 95.8 Å². The number of thioether (sulfide) groups is 2. The number of esters is 2. The van der Waals surface area contributed by atoms with Gasteiger partial charge >= 0.3 is 25.2 Å². The molecule has 4 aromatic heterocycles. The molecule has 2 aromatic carbocycles. The average Bonchev–Trinajstić information content (AvgIpc) is 4.04. The quantitative estimate of drug-likeness (QED) is 0.0142. The largest absolute Gasteiger partial charge is 0.619 e. The van der Waals surface area contributed by atoms with Gasteiger partial charge in [0.2, 0.25) is 0 Å². The third-order valence-corrected chi connectivity index (χ3v) is 19.0. The highest BCUT2D eigenvalue weighted by Crippen LogP contribution is 2.41. The zero-order valence-corrected chi connectivity index (χ0v) is 52.4. The maximum Gasteiger partial charge on any atom is 0.387 e. The molecule has 29 heteroatoms. The Morgan fingerprint density at radius 3 is 1.53 bits per heavy atom. The predicted molar refractivity (Wildman–Crippen MR) is 322 cm³/mol. The molecule has 2 saturated carbocycles. The molecular weight excluding hydrogens is 1350 g/mol. The molecular formula is C56H53BrCl4F4N4O12S4. The van der Waals surface area contributed by atoms with Crippen molar-refractivity contribution >= 4 is 132 Å². The van der Waals surface area contributed by atoms with E-state index in [1.165, 1.54) is 82.6 Å². The number of aromatic nitrogens is 2. The van der Waals surface area contributed by atoms with E-state index in [0.29, 0.717) is 85.8 Å². The van der Waals surface area contributed by atoms with E-state index >= 15 is 0 Å². The number of alkyl halides is 5.